The SMILES string of the molecule is Ic1ccccc1-c1n[nH]c(C2CCCN2)n1. The molecule has 2 N–H and O–H groups in total. The third-order valence-electron chi connectivity index (χ3n) is 3.01. The van der Waals surface area contributed by atoms with Crippen LogP contribution < -0.4 is 5.32 Å². The maximum absolute atomic E-state index is 4.59. The standard InChI is InChI=1S/C12H13IN4/c13-9-5-2-1-4-8(9)11-15-12(17-16-11)10-6-3-7-14-10/h1-2,4-5,10,14H,3,6-7H2,(H,15,16,17). The highest BCUT2D eigenvalue weighted by Crippen LogP contribution is 2.25. The van der Waals surface area contributed by atoms with E-state index in [1.807, 2.05) is 12.1 Å². The molecule has 4 nitrogen and oxygen atoms in total. The molecule has 2 aromatic rings. The minimum Gasteiger partial charge on any atom is -0.307 e. The monoisotopic (exact) mass is 340 g/mol. The van der Waals surface area contributed by atoms with Gasteiger partial charge in [0.15, 0.2) is 5.82 Å². The summed E-state index contributed by atoms with van der Waals surface area (Å²) in [6.45, 7) is 1.07. The second-order valence-corrected chi connectivity index (χ2v) is 5.34. The first-order valence-electron chi connectivity index (χ1n) is 5.75. The van der Waals surface area contributed by atoms with Crippen molar-refractivity contribution in [3.05, 3.63) is 33.7 Å². The number of H-pyrrole nitrogens is 1. The Morgan fingerprint density at radius 3 is 2.94 bits per heavy atom. The van der Waals surface area contributed by atoms with E-state index in [2.05, 4.69) is 55.2 Å². The van der Waals surface area contributed by atoms with Crippen LogP contribution in [-0.2, 0) is 0 Å². The number of rotatable bonds is 2. The summed E-state index contributed by atoms with van der Waals surface area (Å²) in [5.74, 6) is 1.75. The highest BCUT2D eigenvalue weighted by atomic mass is 127. The smallest absolute Gasteiger partial charge is 0.182 e. The van der Waals surface area contributed by atoms with Gasteiger partial charge >= 0.3 is 0 Å². The zero-order valence-electron chi connectivity index (χ0n) is 9.28. The van der Waals surface area contributed by atoms with E-state index in [1.54, 1.807) is 0 Å². The topological polar surface area (TPSA) is 53.6 Å². The van der Waals surface area contributed by atoms with Crippen LogP contribution in [0.1, 0.15) is 24.7 Å². The van der Waals surface area contributed by atoms with Crippen LogP contribution in [0.5, 0.6) is 0 Å². The molecule has 0 amide bonds. The molecule has 2 heterocycles. The van der Waals surface area contributed by atoms with Gasteiger partial charge in [-0.1, -0.05) is 18.2 Å². The summed E-state index contributed by atoms with van der Waals surface area (Å²) in [4.78, 5) is 4.59. The van der Waals surface area contributed by atoms with Crippen LogP contribution in [-0.4, -0.2) is 21.7 Å². The summed E-state index contributed by atoms with van der Waals surface area (Å²) >= 11 is 2.31. The van der Waals surface area contributed by atoms with Crippen molar-refractivity contribution in [3.8, 4) is 11.4 Å². The van der Waals surface area contributed by atoms with E-state index in [0.29, 0.717) is 6.04 Å². The third kappa shape index (κ3) is 2.21. The predicted molar refractivity (Wildman–Crippen MR) is 74.5 cm³/mol. The Balaban J connectivity index is 1.92. The molecule has 1 aromatic carbocycles. The molecular weight excluding hydrogens is 327 g/mol. The fraction of sp³-hybridized carbons (Fsp3) is 0.333. The Hall–Kier alpha value is -0.950. The normalized spacial score (nSPS) is 19.7. The van der Waals surface area contributed by atoms with Crippen LogP contribution in [0, 0.1) is 3.57 Å². The molecule has 0 bridgehead atoms. The lowest BCUT2D eigenvalue weighted by atomic mass is 10.2. The molecule has 1 aliphatic heterocycles. The first-order valence-corrected chi connectivity index (χ1v) is 6.83. The van der Waals surface area contributed by atoms with E-state index in [1.165, 1.54) is 9.99 Å². The highest BCUT2D eigenvalue weighted by Gasteiger charge is 2.20. The van der Waals surface area contributed by atoms with Crippen LogP contribution >= 0.6 is 22.6 Å². The van der Waals surface area contributed by atoms with Gasteiger partial charge in [-0.3, -0.25) is 5.10 Å². The number of benzene rings is 1. The van der Waals surface area contributed by atoms with Crippen molar-refractivity contribution >= 4 is 22.6 Å². The summed E-state index contributed by atoms with van der Waals surface area (Å²) in [7, 11) is 0. The lowest BCUT2D eigenvalue weighted by Gasteiger charge is -2.03. The van der Waals surface area contributed by atoms with Crippen LogP contribution in [0.25, 0.3) is 11.4 Å². The lowest BCUT2D eigenvalue weighted by Crippen LogP contribution is -2.14. The van der Waals surface area contributed by atoms with E-state index < -0.39 is 0 Å². The molecule has 1 fully saturated rings. The Morgan fingerprint density at radius 1 is 1.29 bits per heavy atom. The molecule has 1 saturated heterocycles. The van der Waals surface area contributed by atoms with Gasteiger partial charge in [-0.15, -0.1) is 0 Å². The quantitative estimate of drug-likeness (QED) is 0.826. The fourth-order valence-corrected chi connectivity index (χ4v) is 2.74. The molecule has 1 atom stereocenters. The van der Waals surface area contributed by atoms with Crippen molar-refractivity contribution in [2.45, 2.75) is 18.9 Å². The van der Waals surface area contributed by atoms with Gasteiger partial charge in [0.05, 0.1) is 6.04 Å². The second kappa shape index (κ2) is 4.73. The highest BCUT2D eigenvalue weighted by molar-refractivity contribution is 14.1. The minimum absolute atomic E-state index is 0.345. The summed E-state index contributed by atoms with van der Waals surface area (Å²) in [6, 6.07) is 8.51. The number of nitrogens with zero attached hydrogens (tertiary/aromatic N) is 2. The zero-order chi connectivity index (χ0) is 11.7. The number of nitrogens with one attached hydrogen (secondary N) is 2. The number of halogens is 1. The van der Waals surface area contributed by atoms with E-state index >= 15 is 0 Å². The van der Waals surface area contributed by atoms with Gasteiger partial charge in [0.1, 0.15) is 5.82 Å². The molecule has 0 radical (unpaired) electrons. The summed E-state index contributed by atoms with van der Waals surface area (Å²) in [6.07, 6.45) is 2.35. The molecule has 1 aromatic heterocycles. The van der Waals surface area contributed by atoms with Crippen molar-refractivity contribution in [2.24, 2.45) is 0 Å². The number of aromatic nitrogens is 3. The van der Waals surface area contributed by atoms with Gasteiger partial charge in [-0.05, 0) is 48.0 Å². The maximum Gasteiger partial charge on any atom is 0.182 e. The first kappa shape index (κ1) is 11.2. The second-order valence-electron chi connectivity index (χ2n) is 4.17. The van der Waals surface area contributed by atoms with Crippen molar-refractivity contribution in [3.63, 3.8) is 0 Å². The molecule has 5 heteroatoms. The van der Waals surface area contributed by atoms with Crippen LogP contribution in [0.3, 0.4) is 0 Å². The van der Waals surface area contributed by atoms with Crippen LogP contribution in [0.4, 0.5) is 0 Å². The van der Waals surface area contributed by atoms with E-state index in [-0.39, 0.29) is 0 Å². The summed E-state index contributed by atoms with van der Waals surface area (Å²) in [5.41, 5.74) is 1.09. The molecule has 88 valence electrons. The van der Waals surface area contributed by atoms with Crippen LogP contribution in [0.2, 0.25) is 0 Å². The van der Waals surface area contributed by atoms with E-state index in [4.69, 9.17) is 0 Å². The number of aromatic amines is 1. The van der Waals surface area contributed by atoms with Gasteiger partial charge in [0, 0.05) is 9.13 Å². The third-order valence-corrected chi connectivity index (χ3v) is 3.95. The lowest BCUT2D eigenvalue weighted by molar-refractivity contribution is 0.608. The van der Waals surface area contributed by atoms with Gasteiger partial charge in [0.2, 0.25) is 0 Å². The molecule has 1 aliphatic rings. The predicted octanol–water partition coefficient (Wildman–Crippen LogP) is 2.50. The number of hydrogen-bond donors (Lipinski definition) is 2. The molecule has 3 rings (SSSR count). The molecule has 17 heavy (non-hydrogen) atoms. The van der Waals surface area contributed by atoms with Crippen molar-refractivity contribution in [1.82, 2.24) is 20.5 Å². The van der Waals surface area contributed by atoms with Crippen molar-refractivity contribution in [2.75, 3.05) is 6.54 Å². The Kier molecular flexibility index (Phi) is 3.11. The molecule has 0 spiro atoms. The number of hydrogen-bond acceptors (Lipinski definition) is 3. The van der Waals surface area contributed by atoms with Gasteiger partial charge in [-0.2, -0.15) is 5.10 Å². The van der Waals surface area contributed by atoms with Crippen molar-refractivity contribution < 1.29 is 0 Å². The van der Waals surface area contributed by atoms with E-state index in [0.717, 1.165) is 30.2 Å². The van der Waals surface area contributed by atoms with Crippen LogP contribution in [0.15, 0.2) is 24.3 Å². The molecular formula is C12H13IN4. The molecule has 0 aliphatic carbocycles. The van der Waals surface area contributed by atoms with E-state index in [9.17, 15) is 0 Å². The summed E-state index contributed by atoms with van der Waals surface area (Å²) in [5, 5.41) is 10.8. The summed E-state index contributed by atoms with van der Waals surface area (Å²) < 4.78 is 1.18. The average molecular weight is 340 g/mol. The Morgan fingerprint density at radius 2 is 2.18 bits per heavy atom. The fourth-order valence-electron chi connectivity index (χ4n) is 2.11. The van der Waals surface area contributed by atoms with Crippen molar-refractivity contribution in [1.29, 1.82) is 0 Å². The maximum atomic E-state index is 4.59. The Labute approximate surface area is 113 Å². The van der Waals surface area contributed by atoms with Gasteiger partial charge in [0.25, 0.3) is 0 Å². The minimum atomic E-state index is 0.345. The molecule has 0 saturated carbocycles. The Bertz CT molecular complexity index is 517. The van der Waals surface area contributed by atoms with Gasteiger partial charge in [-0.25, -0.2) is 4.98 Å². The largest absolute Gasteiger partial charge is 0.307 e. The average Bonchev–Trinajstić information content (AvgIpc) is 3.00. The zero-order valence-corrected chi connectivity index (χ0v) is 11.4. The molecule has 1 unspecified atom stereocenters. The van der Waals surface area contributed by atoms with Gasteiger partial charge < -0.3 is 5.32 Å². The first-order chi connectivity index (χ1) is 8.34.